The Morgan fingerprint density at radius 2 is 1.60 bits per heavy atom. The Hall–Kier alpha value is -1.64. The normalized spacial score (nSPS) is 30.0. The maximum absolute atomic E-state index is 10.2. The van der Waals surface area contributed by atoms with Gasteiger partial charge in [0.25, 0.3) is 0 Å². The zero-order chi connectivity index (χ0) is 20.3. The van der Waals surface area contributed by atoms with Crippen molar-refractivity contribution in [1.82, 2.24) is 0 Å². The van der Waals surface area contributed by atoms with Gasteiger partial charge in [-0.2, -0.15) is 0 Å². The van der Waals surface area contributed by atoms with Crippen molar-refractivity contribution in [2.24, 2.45) is 17.8 Å². The Kier molecular flexibility index (Phi) is 4.58. The van der Waals surface area contributed by atoms with Crippen molar-refractivity contribution in [1.29, 1.82) is 0 Å². The number of rotatable bonds is 3. The summed E-state index contributed by atoms with van der Waals surface area (Å²) in [6.07, 6.45) is 9.76. The topological polar surface area (TPSA) is 20.2 Å². The molecule has 2 heteroatoms. The van der Waals surface area contributed by atoms with Crippen molar-refractivity contribution < 1.29 is 5.11 Å². The smallest absolute Gasteiger partial charge is 0.0684 e. The molecule has 0 heterocycles. The van der Waals surface area contributed by atoms with E-state index in [1.807, 2.05) is 0 Å². The van der Waals surface area contributed by atoms with Gasteiger partial charge in [-0.25, -0.2) is 0 Å². The number of fused-ring (bicyclic) bond motifs is 3. The minimum Gasteiger partial charge on any atom is -0.392 e. The predicted molar refractivity (Wildman–Crippen MR) is 127 cm³/mol. The maximum atomic E-state index is 10.2. The molecular formula is C28H29BrO. The van der Waals surface area contributed by atoms with Crippen molar-refractivity contribution >= 4 is 26.7 Å². The second-order valence-corrected chi connectivity index (χ2v) is 11.1. The van der Waals surface area contributed by atoms with Crippen LogP contribution in [0.2, 0.25) is 0 Å². The summed E-state index contributed by atoms with van der Waals surface area (Å²) in [7, 11) is 0. The molecule has 154 valence electrons. The van der Waals surface area contributed by atoms with Crippen molar-refractivity contribution in [2.45, 2.75) is 57.0 Å². The first kappa shape index (κ1) is 19.1. The summed E-state index contributed by atoms with van der Waals surface area (Å²) in [6.45, 7) is 0.156. The van der Waals surface area contributed by atoms with Crippen LogP contribution >= 0.6 is 15.9 Å². The Balaban J connectivity index is 1.45. The minimum atomic E-state index is 0.156. The first-order valence-electron chi connectivity index (χ1n) is 11.6. The summed E-state index contributed by atoms with van der Waals surface area (Å²) in [5.74, 6) is 2.72. The van der Waals surface area contributed by atoms with E-state index in [1.54, 1.807) is 0 Å². The van der Waals surface area contributed by atoms with Gasteiger partial charge in [-0.3, -0.25) is 0 Å². The molecule has 0 amide bonds. The van der Waals surface area contributed by atoms with Crippen molar-refractivity contribution in [2.75, 3.05) is 0 Å². The molecule has 0 aliphatic heterocycles. The molecular weight excluding hydrogens is 432 g/mol. The summed E-state index contributed by atoms with van der Waals surface area (Å²) in [6, 6.07) is 20.1. The van der Waals surface area contributed by atoms with Crippen LogP contribution in [0, 0.1) is 17.8 Å². The number of aliphatic hydroxyl groups is 1. The number of hydrogen-bond acceptors (Lipinski definition) is 1. The zero-order valence-electron chi connectivity index (χ0n) is 17.4. The van der Waals surface area contributed by atoms with Crippen LogP contribution in [0.3, 0.4) is 0 Å². The van der Waals surface area contributed by atoms with Gasteiger partial charge in [-0.1, -0.05) is 71.6 Å². The van der Waals surface area contributed by atoms with E-state index in [9.17, 15) is 5.11 Å². The third-order valence-corrected chi connectivity index (χ3v) is 8.96. The van der Waals surface area contributed by atoms with Crippen LogP contribution in [0.4, 0.5) is 0 Å². The standard InChI is InChI=1S/C28H29BrO/c29-26-9-8-20-11-19(4-5-21(20)12-26)22-6-7-24(17-30)27(13-22)28-14-18-2-1-3-23(15-28)25(10-18)16-28/h4-9,11-13,18,23,25,30H,1-3,10,14-17H2. The number of aliphatic hydroxyl groups excluding tert-OH is 1. The highest BCUT2D eigenvalue weighted by Crippen LogP contribution is 2.61. The highest BCUT2D eigenvalue weighted by atomic mass is 79.9. The van der Waals surface area contributed by atoms with E-state index in [0.717, 1.165) is 27.8 Å². The van der Waals surface area contributed by atoms with Crippen molar-refractivity contribution in [3.8, 4) is 11.1 Å². The SMILES string of the molecule is OCc1ccc(-c2ccc3cc(Br)ccc3c2)cc1C12CC3CCCC(C1)C(C3)C2. The van der Waals surface area contributed by atoms with Crippen LogP contribution in [-0.2, 0) is 12.0 Å². The third-order valence-electron chi connectivity index (χ3n) is 8.46. The van der Waals surface area contributed by atoms with E-state index in [4.69, 9.17) is 0 Å². The lowest BCUT2D eigenvalue weighted by Gasteiger charge is -2.40. The lowest BCUT2D eigenvalue weighted by Crippen LogP contribution is -2.32. The first-order chi connectivity index (χ1) is 14.6. The lowest BCUT2D eigenvalue weighted by molar-refractivity contribution is 0.213. The number of hydrogen-bond donors (Lipinski definition) is 1. The summed E-state index contributed by atoms with van der Waals surface area (Å²) in [5, 5.41) is 12.7. The Labute approximate surface area is 187 Å². The van der Waals surface area contributed by atoms with Gasteiger partial charge in [0.1, 0.15) is 0 Å². The molecule has 3 aliphatic rings. The number of halogens is 1. The molecule has 1 N–H and O–H groups in total. The fourth-order valence-electron chi connectivity index (χ4n) is 7.27. The molecule has 0 saturated heterocycles. The van der Waals surface area contributed by atoms with Gasteiger partial charge < -0.3 is 5.11 Å². The van der Waals surface area contributed by atoms with Crippen LogP contribution in [-0.4, -0.2) is 5.11 Å². The highest BCUT2D eigenvalue weighted by molar-refractivity contribution is 9.10. The van der Waals surface area contributed by atoms with Gasteiger partial charge >= 0.3 is 0 Å². The van der Waals surface area contributed by atoms with Crippen LogP contribution in [0.1, 0.15) is 56.1 Å². The van der Waals surface area contributed by atoms with Crippen LogP contribution in [0.5, 0.6) is 0 Å². The average Bonchev–Trinajstić information content (AvgIpc) is 2.93. The van der Waals surface area contributed by atoms with Gasteiger partial charge in [0.2, 0.25) is 0 Å². The molecule has 0 radical (unpaired) electrons. The summed E-state index contributed by atoms with van der Waals surface area (Å²) >= 11 is 3.58. The molecule has 3 aliphatic carbocycles. The van der Waals surface area contributed by atoms with E-state index >= 15 is 0 Å². The van der Waals surface area contributed by atoms with E-state index in [2.05, 4.69) is 70.5 Å². The van der Waals surface area contributed by atoms with E-state index < -0.39 is 0 Å². The second-order valence-electron chi connectivity index (χ2n) is 10.2. The fourth-order valence-corrected chi connectivity index (χ4v) is 7.65. The molecule has 6 rings (SSSR count). The number of benzene rings is 3. The fraction of sp³-hybridized carbons (Fsp3) is 0.429. The van der Waals surface area contributed by atoms with Crippen molar-refractivity contribution in [3.05, 3.63) is 70.2 Å². The van der Waals surface area contributed by atoms with E-state index in [1.165, 1.54) is 72.4 Å². The Morgan fingerprint density at radius 1 is 0.833 bits per heavy atom. The molecule has 3 aromatic carbocycles. The summed E-state index contributed by atoms with van der Waals surface area (Å²) < 4.78 is 1.12. The monoisotopic (exact) mass is 460 g/mol. The van der Waals surface area contributed by atoms with Gasteiger partial charge in [-0.05, 0) is 100 Å². The van der Waals surface area contributed by atoms with E-state index in [-0.39, 0.29) is 6.61 Å². The molecule has 30 heavy (non-hydrogen) atoms. The Bertz CT molecular complexity index is 1110. The third kappa shape index (κ3) is 3.07. The largest absolute Gasteiger partial charge is 0.392 e. The molecule has 3 aromatic rings. The quantitative estimate of drug-likeness (QED) is 0.425. The summed E-state index contributed by atoms with van der Waals surface area (Å²) in [5.41, 5.74) is 5.48. The average molecular weight is 461 g/mol. The molecule has 0 aromatic heterocycles. The highest BCUT2D eigenvalue weighted by Gasteiger charge is 2.52. The van der Waals surface area contributed by atoms with Gasteiger partial charge in [0.05, 0.1) is 6.61 Å². The van der Waals surface area contributed by atoms with Crippen LogP contribution < -0.4 is 0 Å². The first-order valence-corrected chi connectivity index (χ1v) is 12.4. The minimum absolute atomic E-state index is 0.156. The molecule has 1 nitrogen and oxygen atoms in total. The molecule has 4 atom stereocenters. The van der Waals surface area contributed by atoms with Gasteiger partial charge in [0, 0.05) is 4.47 Å². The predicted octanol–water partition coefficient (Wildman–Crippen LogP) is 7.62. The maximum Gasteiger partial charge on any atom is 0.0684 e. The van der Waals surface area contributed by atoms with Gasteiger partial charge in [-0.15, -0.1) is 0 Å². The molecule has 4 unspecified atom stereocenters. The Morgan fingerprint density at radius 3 is 2.50 bits per heavy atom. The van der Waals surface area contributed by atoms with Crippen molar-refractivity contribution in [3.63, 3.8) is 0 Å². The summed E-state index contributed by atoms with van der Waals surface area (Å²) in [4.78, 5) is 0. The van der Waals surface area contributed by atoms with Crippen LogP contribution in [0.25, 0.3) is 21.9 Å². The second kappa shape index (κ2) is 7.21. The molecule has 3 bridgehead atoms. The molecule has 3 fully saturated rings. The molecule has 3 saturated carbocycles. The van der Waals surface area contributed by atoms with Crippen LogP contribution in [0.15, 0.2) is 59.1 Å². The zero-order valence-corrected chi connectivity index (χ0v) is 19.0. The van der Waals surface area contributed by atoms with E-state index in [0.29, 0.717) is 5.41 Å². The molecule has 0 spiro atoms. The lowest BCUT2D eigenvalue weighted by atomic mass is 9.65. The van der Waals surface area contributed by atoms with Gasteiger partial charge in [0.15, 0.2) is 0 Å².